The van der Waals surface area contributed by atoms with Crippen molar-refractivity contribution in [2.45, 2.75) is 32.2 Å². The average Bonchev–Trinajstić information content (AvgIpc) is 2.84. The Labute approximate surface area is 145 Å². The standard InChI is InChI=1S/C18H20N2O5/c1-11-6-8-19(14(10-11)18(24)25)15(21)7-9-20-16(22)12-4-2-3-5-13(12)17(20)23/h2-5,11,14H,6-10H2,1H3,(H,24,25). The van der Waals surface area contributed by atoms with Crippen LogP contribution in [0.2, 0.25) is 0 Å². The summed E-state index contributed by atoms with van der Waals surface area (Å²) in [6, 6.07) is 5.71. The summed E-state index contributed by atoms with van der Waals surface area (Å²) in [5, 5.41) is 9.34. The normalized spacial score (nSPS) is 22.9. The maximum atomic E-state index is 12.5. The molecule has 1 fully saturated rings. The van der Waals surface area contributed by atoms with E-state index in [4.69, 9.17) is 0 Å². The number of carbonyl (C=O) groups is 4. The van der Waals surface area contributed by atoms with E-state index in [9.17, 15) is 24.3 Å². The molecule has 0 bridgehead atoms. The third kappa shape index (κ3) is 3.14. The van der Waals surface area contributed by atoms with Crippen molar-refractivity contribution in [1.29, 1.82) is 0 Å². The number of imide groups is 1. The molecule has 0 aromatic heterocycles. The second kappa shape index (κ2) is 6.66. The summed E-state index contributed by atoms with van der Waals surface area (Å²) in [6.45, 7) is 2.32. The minimum absolute atomic E-state index is 0.0381. The van der Waals surface area contributed by atoms with E-state index in [2.05, 4.69) is 0 Å². The van der Waals surface area contributed by atoms with Crippen LogP contribution in [0.4, 0.5) is 0 Å². The first-order chi connectivity index (χ1) is 11.9. The lowest BCUT2D eigenvalue weighted by Gasteiger charge is -2.36. The lowest BCUT2D eigenvalue weighted by atomic mass is 9.92. The minimum atomic E-state index is -1.01. The van der Waals surface area contributed by atoms with E-state index in [0.717, 1.165) is 11.3 Å². The van der Waals surface area contributed by atoms with Crippen LogP contribution in [0.3, 0.4) is 0 Å². The van der Waals surface area contributed by atoms with Crippen LogP contribution in [-0.4, -0.2) is 57.7 Å². The van der Waals surface area contributed by atoms with Crippen molar-refractivity contribution in [2.75, 3.05) is 13.1 Å². The summed E-state index contributed by atoms with van der Waals surface area (Å²) in [5.74, 6) is -1.91. The fourth-order valence-electron chi connectivity index (χ4n) is 3.47. The molecule has 7 nitrogen and oxygen atoms in total. The Morgan fingerprint density at radius 1 is 1.16 bits per heavy atom. The lowest BCUT2D eigenvalue weighted by molar-refractivity contribution is -0.153. The number of carboxylic acid groups (broad SMARTS) is 1. The summed E-state index contributed by atoms with van der Waals surface area (Å²) >= 11 is 0. The van der Waals surface area contributed by atoms with Crippen LogP contribution in [0.25, 0.3) is 0 Å². The van der Waals surface area contributed by atoms with Crippen LogP contribution < -0.4 is 0 Å². The predicted octanol–water partition coefficient (Wildman–Crippen LogP) is 1.38. The number of rotatable bonds is 4. The van der Waals surface area contributed by atoms with E-state index in [1.165, 1.54) is 4.90 Å². The van der Waals surface area contributed by atoms with Gasteiger partial charge in [0, 0.05) is 19.5 Å². The summed E-state index contributed by atoms with van der Waals surface area (Å²) in [4.78, 5) is 50.9. The molecular formula is C18H20N2O5. The molecule has 2 atom stereocenters. The van der Waals surface area contributed by atoms with Gasteiger partial charge in [0.05, 0.1) is 11.1 Å². The number of hydrogen-bond donors (Lipinski definition) is 1. The Hall–Kier alpha value is -2.70. The van der Waals surface area contributed by atoms with Crippen molar-refractivity contribution in [3.63, 3.8) is 0 Å². The highest BCUT2D eigenvalue weighted by Crippen LogP contribution is 2.25. The number of fused-ring (bicyclic) bond motifs is 1. The van der Waals surface area contributed by atoms with Crippen molar-refractivity contribution in [3.05, 3.63) is 35.4 Å². The molecule has 0 saturated carbocycles. The number of carbonyl (C=O) groups excluding carboxylic acids is 3. The van der Waals surface area contributed by atoms with E-state index >= 15 is 0 Å². The molecule has 1 aromatic rings. The molecule has 7 heteroatoms. The molecule has 2 aliphatic rings. The van der Waals surface area contributed by atoms with Gasteiger partial charge in [-0.25, -0.2) is 4.79 Å². The van der Waals surface area contributed by atoms with Crippen LogP contribution >= 0.6 is 0 Å². The van der Waals surface area contributed by atoms with E-state index < -0.39 is 23.8 Å². The van der Waals surface area contributed by atoms with E-state index in [1.54, 1.807) is 24.3 Å². The Bertz CT molecular complexity index is 710. The van der Waals surface area contributed by atoms with E-state index in [1.807, 2.05) is 6.92 Å². The first kappa shape index (κ1) is 17.1. The highest BCUT2D eigenvalue weighted by Gasteiger charge is 2.37. The van der Waals surface area contributed by atoms with E-state index in [0.29, 0.717) is 24.1 Å². The van der Waals surface area contributed by atoms with Crippen LogP contribution in [0, 0.1) is 5.92 Å². The topological polar surface area (TPSA) is 95.0 Å². The Morgan fingerprint density at radius 3 is 2.32 bits per heavy atom. The van der Waals surface area contributed by atoms with Crippen molar-refractivity contribution in [2.24, 2.45) is 5.92 Å². The molecular weight excluding hydrogens is 324 g/mol. The predicted molar refractivity (Wildman–Crippen MR) is 88.0 cm³/mol. The zero-order valence-corrected chi connectivity index (χ0v) is 14.0. The van der Waals surface area contributed by atoms with Gasteiger partial charge in [0.25, 0.3) is 11.8 Å². The van der Waals surface area contributed by atoms with Crippen LogP contribution in [0.15, 0.2) is 24.3 Å². The molecule has 132 valence electrons. The van der Waals surface area contributed by atoms with Crippen molar-refractivity contribution in [1.82, 2.24) is 9.80 Å². The van der Waals surface area contributed by atoms with Crippen molar-refractivity contribution >= 4 is 23.7 Å². The molecule has 1 saturated heterocycles. The van der Waals surface area contributed by atoms with Gasteiger partial charge in [0.1, 0.15) is 6.04 Å². The Morgan fingerprint density at radius 2 is 1.76 bits per heavy atom. The monoisotopic (exact) mass is 344 g/mol. The van der Waals surface area contributed by atoms with Crippen molar-refractivity contribution in [3.8, 4) is 0 Å². The molecule has 0 radical (unpaired) electrons. The maximum Gasteiger partial charge on any atom is 0.326 e. The van der Waals surface area contributed by atoms with Gasteiger partial charge in [0.2, 0.25) is 5.91 Å². The Kier molecular flexibility index (Phi) is 4.57. The number of piperidine rings is 1. The molecule has 2 unspecified atom stereocenters. The SMILES string of the molecule is CC1CCN(C(=O)CCN2C(=O)c3ccccc3C2=O)C(C(=O)O)C1. The van der Waals surface area contributed by atoms with Crippen LogP contribution in [-0.2, 0) is 9.59 Å². The summed E-state index contributed by atoms with van der Waals surface area (Å²) in [7, 11) is 0. The van der Waals surface area contributed by atoms with E-state index in [-0.39, 0.29) is 24.8 Å². The third-order valence-electron chi connectivity index (χ3n) is 4.90. The molecule has 0 aliphatic carbocycles. The highest BCUT2D eigenvalue weighted by molar-refractivity contribution is 6.21. The van der Waals surface area contributed by atoms with Crippen molar-refractivity contribution < 1.29 is 24.3 Å². The van der Waals surface area contributed by atoms with Gasteiger partial charge in [-0.1, -0.05) is 19.1 Å². The minimum Gasteiger partial charge on any atom is -0.480 e. The molecule has 25 heavy (non-hydrogen) atoms. The Balaban J connectivity index is 1.66. The van der Waals surface area contributed by atoms with Crippen LogP contribution in [0.5, 0.6) is 0 Å². The fraction of sp³-hybridized carbons (Fsp3) is 0.444. The zero-order valence-electron chi connectivity index (χ0n) is 14.0. The van der Waals surface area contributed by atoms with Gasteiger partial charge in [-0.05, 0) is 30.9 Å². The van der Waals surface area contributed by atoms with Gasteiger partial charge in [-0.2, -0.15) is 0 Å². The second-order valence-electron chi connectivity index (χ2n) is 6.63. The molecule has 1 aromatic carbocycles. The van der Waals surface area contributed by atoms with Gasteiger partial charge in [-0.15, -0.1) is 0 Å². The maximum absolute atomic E-state index is 12.5. The molecule has 1 N–H and O–H groups in total. The molecule has 2 aliphatic heterocycles. The number of hydrogen-bond acceptors (Lipinski definition) is 4. The third-order valence-corrected chi connectivity index (χ3v) is 4.90. The first-order valence-corrected chi connectivity index (χ1v) is 8.37. The van der Waals surface area contributed by atoms with Gasteiger partial charge in [0.15, 0.2) is 0 Å². The first-order valence-electron chi connectivity index (χ1n) is 8.37. The highest BCUT2D eigenvalue weighted by atomic mass is 16.4. The fourth-order valence-corrected chi connectivity index (χ4v) is 3.47. The summed E-state index contributed by atoms with van der Waals surface area (Å²) in [6.07, 6.45) is 1.11. The molecule has 2 heterocycles. The quantitative estimate of drug-likeness (QED) is 0.833. The second-order valence-corrected chi connectivity index (χ2v) is 6.63. The smallest absolute Gasteiger partial charge is 0.326 e. The number of carboxylic acids is 1. The van der Waals surface area contributed by atoms with Crippen LogP contribution in [0.1, 0.15) is 46.9 Å². The molecule has 3 rings (SSSR count). The zero-order chi connectivity index (χ0) is 18.1. The number of aliphatic carboxylic acids is 1. The molecule has 0 spiro atoms. The number of amides is 3. The van der Waals surface area contributed by atoms with Gasteiger partial charge in [-0.3, -0.25) is 19.3 Å². The summed E-state index contributed by atoms with van der Waals surface area (Å²) < 4.78 is 0. The number of nitrogens with zero attached hydrogens (tertiary/aromatic N) is 2. The largest absolute Gasteiger partial charge is 0.480 e. The van der Waals surface area contributed by atoms with Gasteiger partial charge >= 0.3 is 5.97 Å². The van der Waals surface area contributed by atoms with Gasteiger partial charge < -0.3 is 10.0 Å². The lowest BCUT2D eigenvalue weighted by Crippen LogP contribution is -2.50. The molecule has 3 amide bonds. The average molecular weight is 344 g/mol. The number of likely N-dealkylation sites (tertiary alicyclic amines) is 1. The summed E-state index contributed by atoms with van der Waals surface area (Å²) in [5.41, 5.74) is 0.685. The number of benzene rings is 1.